The van der Waals surface area contributed by atoms with Crippen LogP contribution in [-0.4, -0.2) is 36.0 Å². The number of carbonyl (C=O) groups is 1. The molecule has 1 aromatic rings. The first-order chi connectivity index (χ1) is 10.4. The Kier molecular flexibility index (Phi) is 5.78. The lowest BCUT2D eigenvalue weighted by Gasteiger charge is -2.28. The maximum absolute atomic E-state index is 13.8. The Bertz CT molecular complexity index is 538. The van der Waals surface area contributed by atoms with Gasteiger partial charge in [0.15, 0.2) is 0 Å². The third-order valence-electron chi connectivity index (χ3n) is 4.05. The second-order valence-corrected chi connectivity index (χ2v) is 6.30. The monoisotopic (exact) mass is 327 g/mol. The van der Waals surface area contributed by atoms with Crippen LogP contribution in [0.5, 0.6) is 0 Å². The molecule has 3 atom stereocenters. The summed E-state index contributed by atoms with van der Waals surface area (Å²) in [6.07, 6.45) is 1.14. The van der Waals surface area contributed by atoms with Crippen LogP contribution in [0.25, 0.3) is 0 Å². The molecule has 3 N–H and O–H groups in total. The number of nitrogens with zero attached hydrogens (tertiary/aromatic N) is 1. The van der Waals surface area contributed by atoms with Gasteiger partial charge >= 0.3 is 0 Å². The fourth-order valence-corrected chi connectivity index (χ4v) is 3.18. The van der Waals surface area contributed by atoms with E-state index in [2.05, 4.69) is 17.1 Å². The highest BCUT2D eigenvalue weighted by Crippen LogP contribution is 2.33. The fraction of sp³-hybridized carbons (Fsp3) is 0.562. The maximum atomic E-state index is 13.8. The predicted octanol–water partition coefficient (Wildman–Crippen LogP) is 2.47. The van der Waals surface area contributed by atoms with E-state index in [4.69, 9.17) is 17.3 Å². The summed E-state index contributed by atoms with van der Waals surface area (Å²) >= 11 is 5.76. The molecule has 6 heteroatoms. The summed E-state index contributed by atoms with van der Waals surface area (Å²) in [5, 5.41) is 3.15. The summed E-state index contributed by atoms with van der Waals surface area (Å²) in [6.45, 7) is 5.58. The smallest absolute Gasteiger partial charge is 0.221 e. The number of halogens is 2. The summed E-state index contributed by atoms with van der Waals surface area (Å²) in [6, 6.07) is 4.62. The molecule has 4 nitrogen and oxygen atoms in total. The largest absolute Gasteiger partial charge is 0.351 e. The minimum atomic E-state index is -0.428. The second kappa shape index (κ2) is 7.40. The predicted molar refractivity (Wildman–Crippen MR) is 86.2 cm³/mol. The van der Waals surface area contributed by atoms with E-state index in [9.17, 15) is 9.18 Å². The van der Waals surface area contributed by atoms with Gasteiger partial charge in [-0.25, -0.2) is 4.39 Å². The molecule has 0 bridgehead atoms. The van der Waals surface area contributed by atoms with Gasteiger partial charge in [0.25, 0.3) is 0 Å². The number of likely N-dealkylation sites (N-methyl/N-ethyl adjacent to an activating group) is 1. The van der Waals surface area contributed by atoms with Crippen molar-refractivity contribution in [2.24, 2.45) is 5.73 Å². The summed E-state index contributed by atoms with van der Waals surface area (Å²) in [7, 11) is 0. The molecule has 0 aliphatic carbocycles. The van der Waals surface area contributed by atoms with Crippen molar-refractivity contribution in [3.63, 3.8) is 0 Å². The van der Waals surface area contributed by atoms with Crippen molar-refractivity contribution in [3.05, 3.63) is 34.6 Å². The molecule has 0 aromatic heterocycles. The van der Waals surface area contributed by atoms with E-state index < -0.39 is 5.82 Å². The van der Waals surface area contributed by atoms with E-state index in [0.29, 0.717) is 6.42 Å². The topological polar surface area (TPSA) is 58.4 Å². The lowest BCUT2D eigenvalue weighted by Crippen LogP contribution is -2.41. The van der Waals surface area contributed by atoms with Crippen LogP contribution in [0.4, 0.5) is 4.39 Å². The van der Waals surface area contributed by atoms with Crippen molar-refractivity contribution in [3.8, 4) is 0 Å². The standard InChI is InChI=1S/C16H23ClFN3O/c1-3-21-7-6-14(20-15(22)8-10(2)19)16(21)11-4-5-12(17)13(18)9-11/h4-5,9-10,14,16H,3,6-8,19H2,1-2H3,(H,20,22). The van der Waals surface area contributed by atoms with Crippen LogP contribution in [0.2, 0.25) is 5.02 Å². The number of likely N-dealkylation sites (tertiary alicyclic amines) is 1. The molecule has 0 saturated carbocycles. The number of nitrogens with one attached hydrogen (secondary N) is 1. The Balaban J connectivity index is 2.18. The Labute approximate surface area is 135 Å². The SMILES string of the molecule is CCN1CCC(NC(=O)CC(C)N)C1c1ccc(Cl)c(F)c1. The lowest BCUT2D eigenvalue weighted by atomic mass is 9.99. The van der Waals surface area contributed by atoms with Gasteiger partial charge in [-0.05, 0) is 37.6 Å². The number of rotatable bonds is 5. The van der Waals surface area contributed by atoms with Gasteiger partial charge in [0.2, 0.25) is 5.91 Å². The molecular formula is C16H23ClFN3O. The summed E-state index contributed by atoms with van der Waals surface area (Å²) in [5.74, 6) is -0.486. The fourth-order valence-electron chi connectivity index (χ4n) is 3.06. The van der Waals surface area contributed by atoms with Crippen molar-refractivity contribution in [1.82, 2.24) is 10.2 Å². The van der Waals surface area contributed by atoms with E-state index >= 15 is 0 Å². The van der Waals surface area contributed by atoms with Crippen LogP contribution in [0.1, 0.15) is 38.3 Å². The van der Waals surface area contributed by atoms with Crippen molar-refractivity contribution in [1.29, 1.82) is 0 Å². The average molecular weight is 328 g/mol. The number of benzene rings is 1. The van der Waals surface area contributed by atoms with Crippen molar-refractivity contribution in [2.45, 2.75) is 44.8 Å². The molecule has 0 spiro atoms. The molecule has 22 heavy (non-hydrogen) atoms. The number of carbonyl (C=O) groups excluding carboxylic acids is 1. The summed E-state index contributed by atoms with van der Waals surface area (Å²) < 4.78 is 13.8. The van der Waals surface area contributed by atoms with E-state index in [0.717, 1.165) is 25.1 Å². The zero-order valence-electron chi connectivity index (χ0n) is 13.0. The van der Waals surface area contributed by atoms with Gasteiger partial charge in [-0.1, -0.05) is 24.6 Å². The minimum Gasteiger partial charge on any atom is -0.351 e. The quantitative estimate of drug-likeness (QED) is 0.873. The number of amides is 1. The van der Waals surface area contributed by atoms with Crippen molar-refractivity contribution < 1.29 is 9.18 Å². The molecule has 1 fully saturated rings. The van der Waals surface area contributed by atoms with Crippen LogP contribution in [-0.2, 0) is 4.79 Å². The van der Waals surface area contributed by atoms with Crippen molar-refractivity contribution in [2.75, 3.05) is 13.1 Å². The highest BCUT2D eigenvalue weighted by Gasteiger charge is 2.35. The molecule has 1 aromatic carbocycles. The molecule has 0 radical (unpaired) electrons. The van der Waals surface area contributed by atoms with Gasteiger partial charge < -0.3 is 11.1 Å². The first-order valence-corrected chi connectivity index (χ1v) is 8.04. The Hall–Kier alpha value is -1.17. The van der Waals surface area contributed by atoms with Gasteiger partial charge in [-0.15, -0.1) is 0 Å². The summed E-state index contributed by atoms with van der Waals surface area (Å²) in [5.41, 5.74) is 6.51. The van der Waals surface area contributed by atoms with E-state index in [1.165, 1.54) is 6.07 Å². The first kappa shape index (κ1) is 17.2. The van der Waals surface area contributed by atoms with E-state index in [1.54, 1.807) is 13.0 Å². The lowest BCUT2D eigenvalue weighted by molar-refractivity contribution is -0.122. The first-order valence-electron chi connectivity index (χ1n) is 7.66. The highest BCUT2D eigenvalue weighted by molar-refractivity contribution is 6.30. The van der Waals surface area contributed by atoms with Gasteiger partial charge in [0.05, 0.1) is 11.1 Å². The maximum Gasteiger partial charge on any atom is 0.221 e. The van der Waals surface area contributed by atoms with Crippen LogP contribution >= 0.6 is 11.6 Å². The molecule has 3 unspecified atom stereocenters. The number of hydrogen-bond donors (Lipinski definition) is 2. The molecule has 1 saturated heterocycles. The van der Waals surface area contributed by atoms with E-state index in [-0.39, 0.29) is 29.1 Å². The number of hydrogen-bond acceptors (Lipinski definition) is 3. The molecule has 1 amide bonds. The van der Waals surface area contributed by atoms with Gasteiger partial charge in [0, 0.05) is 25.0 Å². The van der Waals surface area contributed by atoms with Crippen LogP contribution < -0.4 is 11.1 Å². The average Bonchev–Trinajstić information content (AvgIpc) is 2.83. The third kappa shape index (κ3) is 3.97. The van der Waals surface area contributed by atoms with Crippen molar-refractivity contribution >= 4 is 17.5 Å². The molecule has 1 heterocycles. The highest BCUT2D eigenvalue weighted by atomic mass is 35.5. The van der Waals surface area contributed by atoms with E-state index in [1.807, 2.05) is 6.07 Å². The molecule has 1 aliphatic heterocycles. The molecule has 1 aliphatic rings. The van der Waals surface area contributed by atoms with Crippen LogP contribution in [0.3, 0.4) is 0 Å². The van der Waals surface area contributed by atoms with Gasteiger partial charge in [-0.2, -0.15) is 0 Å². The Morgan fingerprint density at radius 3 is 2.91 bits per heavy atom. The minimum absolute atomic E-state index is 0.0335. The Morgan fingerprint density at radius 2 is 2.32 bits per heavy atom. The summed E-state index contributed by atoms with van der Waals surface area (Å²) in [4.78, 5) is 14.2. The zero-order chi connectivity index (χ0) is 16.3. The van der Waals surface area contributed by atoms with Crippen LogP contribution in [0.15, 0.2) is 18.2 Å². The normalized spacial score (nSPS) is 23.5. The molecule has 122 valence electrons. The van der Waals surface area contributed by atoms with Gasteiger partial charge in [0.1, 0.15) is 5.82 Å². The number of nitrogens with two attached hydrogens (primary N) is 1. The Morgan fingerprint density at radius 1 is 1.59 bits per heavy atom. The zero-order valence-corrected chi connectivity index (χ0v) is 13.7. The van der Waals surface area contributed by atoms with Gasteiger partial charge in [-0.3, -0.25) is 9.69 Å². The third-order valence-corrected chi connectivity index (χ3v) is 4.35. The molecule has 2 rings (SSSR count). The molecular weight excluding hydrogens is 305 g/mol. The second-order valence-electron chi connectivity index (χ2n) is 5.89. The van der Waals surface area contributed by atoms with Crippen LogP contribution in [0, 0.1) is 5.82 Å².